The molecule has 0 bridgehead atoms. The second-order valence-corrected chi connectivity index (χ2v) is 9.58. The molecule has 1 amide bonds. The molecule has 3 fully saturated rings. The van der Waals surface area contributed by atoms with E-state index in [1.165, 1.54) is 0 Å². The van der Waals surface area contributed by atoms with E-state index in [1.54, 1.807) is 0 Å². The van der Waals surface area contributed by atoms with Gasteiger partial charge in [0.1, 0.15) is 12.4 Å². The average molecular weight is 465 g/mol. The third-order valence-electron chi connectivity index (χ3n) is 5.40. The number of amides is 1. The molecule has 4 heterocycles. The Morgan fingerprint density at radius 1 is 1.35 bits per heavy atom. The fourth-order valence-corrected chi connectivity index (χ4v) is 5.58. The fourth-order valence-electron chi connectivity index (χ4n) is 3.98. The number of carboxylic acids is 1. The molecule has 0 radical (unpaired) electrons. The second-order valence-electron chi connectivity index (χ2n) is 8.10. The van der Waals surface area contributed by atoms with Crippen molar-refractivity contribution in [3.05, 3.63) is 17.5 Å². The summed E-state index contributed by atoms with van der Waals surface area (Å²) in [6, 6.07) is 2.00. The zero-order valence-corrected chi connectivity index (χ0v) is 18.0. The summed E-state index contributed by atoms with van der Waals surface area (Å²) in [6.45, 7) is 6.99. The monoisotopic (exact) mass is 465 g/mol. The molecule has 4 rings (SSSR count). The molecular weight excluding hydrogens is 439 g/mol. The highest BCUT2D eigenvalue weighted by molar-refractivity contribution is 8.01. The number of halogens is 3. The minimum absolute atomic E-state index is 0.162. The maximum atomic E-state index is 12.1. The molecule has 1 aromatic heterocycles. The van der Waals surface area contributed by atoms with Crippen LogP contribution in [0.3, 0.4) is 0 Å². The molecular formula is C19H26F3N3O5S. The van der Waals surface area contributed by atoms with Gasteiger partial charge in [-0.05, 0) is 26.2 Å². The van der Waals surface area contributed by atoms with Crippen LogP contribution in [0.4, 0.5) is 13.2 Å². The van der Waals surface area contributed by atoms with Crippen LogP contribution in [0.2, 0.25) is 0 Å². The number of hydrogen-bond acceptors (Lipinski definition) is 7. The van der Waals surface area contributed by atoms with Crippen molar-refractivity contribution in [2.75, 3.05) is 38.5 Å². The van der Waals surface area contributed by atoms with Crippen molar-refractivity contribution in [3.8, 4) is 0 Å². The minimum Gasteiger partial charge on any atom is -0.475 e. The molecule has 1 N–H and O–H groups in total. The van der Waals surface area contributed by atoms with E-state index in [2.05, 4.69) is 10.1 Å². The number of hydrogen-bond donors (Lipinski definition) is 1. The lowest BCUT2D eigenvalue weighted by Crippen LogP contribution is -2.58. The highest BCUT2D eigenvalue weighted by Gasteiger charge is 2.49. The van der Waals surface area contributed by atoms with E-state index in [4.69, 9.17) is 19.2 Å². The molecule has 31 heavy (non-hydrogen) atoms. The van der Waals surface area contributed by atoms with Gasteiger partial charge in [-0.3, -0.25) is 9.69 Å². The fraction of sp³-hybridized carbons (Fsp3) is 0.737. The number of ether oxygens (including phenoxy) is 1. The Balaban J connectivity index is 0.000000339. The predicted molar refractivity (Wildman–Crippen MR) is 106 cm³/mol. The molecule has 1 atom stereocenters. The van der Waals surface area contributed by atoms with Crippen LogP contribution in [0.5, 0.6) is 0 Å². The van der Waals surface area contributed by atoms with Gasteiger partial charge < -0.3 is 19.3 Å². The number of aryl methyl sites for hydroxylation is 1. The summed E-state index contributed by atoms with van der Waals surface area (Å²) in [5.41, 5.74) is 1.01. The molecule has 1 aromatic rings. The van der Waals surface area contributed by atoms with Gasteiger partial charge in [0.05, 0.1) is 11.8 Å². The van der Waals surface area contributed by atoms with Crippen molar-refractivity contribution in [3.63, 3.8) is 0 Å². The number of aliphatic carboxylic acids is 1. The number of carboxylic acid groups (broad SMARTS) is 1. The van der Waals surface area contributed by atoms with Crippen LogP contribution in [0.15, 0.2) is 10.6 Å². The number of likely N-dealkylation sites (tertiary alicyclic amines) is 2. The van der Waals surface area contributed by atoms with Crippen molar-refractivity contribution < 1.29 is 37.1 Å². The summed E-state index contributed by atoms with van der Waals surface area (Å²) in [5, 5.41) is 11.2. The molecule has 3 aliphatic rings. The minimum atomic E-state index is -5.08. The van der Waals surface area contributed by atoms with Crippen LogP contribution < -0.4 is 0 Å². The van der Waals surface area contributed by atoms with Gasteiger partial charge in [0.25, 0.3) is 0 Å². The molecule has 12 heteroatoms. The van der Waals surface area contributed by atoms with Gasteiger partial charge in [0.15, 0.2) is 0 Å². The zero-order chi connectivity index (χ0) is 22.6. The molecule has 1 unspecified atom stereocenters. The van der Waals surface area contributed by atoms with Gasteiger partial charge in [0.2, 0.25) is 5.91 Å². The Morgan fingerprint density at radius 3 is 2.55 bits per heavy atom. The normalized spacial score (nSPS) is 22.8. The Bertz CT molecular complexity index is 776. The SMILES string of the molecule is Cc1cc(CN2CC3(CC(OCC(=O)N4CCCC4)CS3)C2)no1.O=C(O)C(F)(F)F. The van der Waals surface area contributed by atoms with Gasteiger partial charge in [-0.2, -0.15) is 13.2 Å². The Labute approximate surface area is 182 Å². The number of carbonyl (C=O) groups excluding carboxylic acids is 1. The zero-order valence-electron chi connectivity index (χ0n) is 17.2. The van der Waals surface area contributed by atoms with E-state index < -0.39 is 12.1 Å². The Hall–Kier alpha value is -1.79. The first kappa shape index (κ1) is 23.9. The molecule has 0 saturated carbocycles. The number of nitrogens with zero attached hydrogens (tertiary/aromatic N) is 3. The van der Waals surface area contributed by atoms with Gasteiger partial charge in [-0.1, -0.05) is 5.16 Å². The van der Waals surface area contributed by atoms with E-state index in [-0.39, 0.29) is 18.6 Å². The third-order valence-corrected chi connectivity index (χ3v) is 6.98. The van der Waals surface area contributed by atoms with E-state index in [1.807, 2.05) is 29.7 Å². The maximum absolute atomic E-state index is 12.1. The van der Waals surface area contributed by atoms with Gasteiger partial charge in [-0.15, -0.1) is 11.8 Å². The summed E-state index contributed by atoms with van der Waals surface area (Å²) in [5.74, 6) is -0.723. The van der Waals surface area contributed by atoms with E-state index in [0.29, 0.717) is 4.75 Å². The first-order valence-electron chi connectivity index (χ1n) is 10.0. The molecule has 3 saturated heterocycles. The van der Waals surface area contributed by atoms with Crippen molar-refractivity contribution >= 4 is 23.6 Å². The molecule has 0 aromatic carbocycles. The van der Waals surface area contributed by atoms with Crippen molar-refractivity contribution in [1.29, 1.82) is 0 Å². The number of rotatable bonds is 5. The molecule has 0 aliphatic carbocycles. The number of thioether (sulfide) groups is 1. The smallest absolute Gasteiger partial charge is 0.475 e. The highest BCUT2D eigenvalue weighted by Crippen LogP contribution is 2.46. The van der Waals surface area contributed by atoms with Gasteiger partial charge in [-0.25, -0.2) is 4.79 Å². The third kappa shape index (κ3) is 6.59. The Kier molecular flexibility index (Phi) is 7.53. The van der Waals surface area contributed by atoms with Crippen LogP contribution in [0, 0.1) is 6.92 Å². The highest BCUT2D eigenvalue weighted by atomic mass is 32.2. The van der Waals surface area contributed by atoms with Crippen molar-refractivity contribution in [2.24, 2.45) is 0 Å². The number of carbonyl (C=O) groups is 2. The maximum Gasteiger partial charge on any atom is 0.490 e. The molecule has 174 valence electrons. The van der Waals surface area contributed by atoms with Gasteiger partial charge >= 0.3 is 12.1 Å². The first-order chi connectivity index (χ1) is 14.6. The second kappa shape index (κ2) is 9.78. The quantitative estimate of drug-likeness (QED) is 0.708. The van der Waals surface area contributed by atoms with E-state index in [0.717, 1.165) is 69.2 Å². The lowest BCUT2D eigenvalue weighted by Gasteiger charge is -2.47. The summed E-state index contributed by atoms with van der Waals surface area (Å²) < 4.78 is 43.1. The predicted octanol–water partition coefficient (Wildman–Crippen LogP) is 2.32. The lowest BCUT2D eigenvalue weighted by atomic mass is 9.93. The molecule has 1 spiro atoms. The van der Waals surface area contributed by atoms with Crippen LogP contribution >= 0.6 is 11.8 Å². The van der Waals surface area contributed by atoms with Crippen LogP contribution in [-0.4, -0.2) is 87.5 Å². The number of alkyl halides is 3. The van der Waals surface area contributed by atoms with Crippen LogP contribution in [0.1, 0.15) is 30.7 Å². The largest absolute Gasteiger partial charge is 0.490 e. The van der Waals surface area contributed by atoms with E-state index >= 15 is 0 Å². The summed E-state index contributed by atoms with van der Waals surface area (Å²) in [6.07, 6.45) is -1.54. The van der Waals surface area contributed by atoms with Crippen molar-refractivity contribution in [2.45, 2.75) is 49.8 Å². The van der Waals surface area contributed by atoms with E-state index in [9.17, 15) is 18.0 Å². The first-order valence-corrected chi connectivity index (χ1v) is 11.0. The topological polar surface area (TPSA) is 96.1 Å². The summed E-state index contributed by atoms with van der Waals surface area (Å²) in [7, 11) is 0. The summed E-state index contributed by atoms with van der Waals surface area (Å²) >= 11 is 2.01. The van der Waals surface area contributed by atoms with Crippen LogP contribution in [-0.2, 0) is 20.9 Å². The van der Waals surface area contributed by atoms with Gasteiger partial charge in [0, 0.05) is 49.3 Å². The lowest BCUT2D eigenvalue weighted by molar-refractivity contribution is -0.192. The average Bonchev–Trinajstić information content (AvgIpc) is 3.40. The molecule has 3 aliphatic heterocycles. The van der Waals surface area contributed by atoms with Crippen LogP contribution in [0.25, 0.3) is 0 Å². The molecule has 8 nitrogen and oxygen atoms in total. The van der Waals surface area contributed by atoms with Crippen molar-refractivity contribution in [1.82, 2.24) is 15.0 Å². The number of aromatic nitrogens is 1. The standard InChI is InChI=1S/C17H25N3O3S.C2HF3O2/c1-13-6-14(18-23-13)8-19-11-17(12-19)7-15(10-24-17)22-9-16(21)20-4-2-3-5-20;3-2(4,5)1(6)7/h6,15H,2-5,7-12H2,1H3;(H,6,7). The Morgan fingerprint density at radius 2 is 2.00 bits per heavy atom. The summed E-state index contributed by atoms with van der Waals surface area (Å²) in [4.78, 5) is 25.3.